The van der Waals surface area contributed by atoms with E-state index in [2.05, 4.69) is 10.3 Å². The third kappa shape index (κ3) is 2.44. The molecule has 2 heterocycles. The van der Waals surface area contributed by atoms with Gasteiger partial charge in [-0.25, -0.2) is 9.37 Å². The summed E-state index contributed by atoms with van der Waals surface area (Å²) in [7, 11) is 0. The second kappa shape index (κ2) is 5.31. The third-order valence-electron chi connectivity index (χ3n) is 2.99. The smallest absolute Gasteiger partial charge is 0.143 e. The van der Waals surface area contributed by atoms with Crippen molar-refractivity contribution in [1.82, 2.24) is 9.38 Å². The van der Waals surface area contributed by atoms with Crippen LogP contribution in [-0.2, 0) is 6.54 Å². The Kier molecular flexibility index (Phi) is 3.51. The molecule has 0 bridgehead atoms. The van der Waals surface area contributed by atoms with Crippen LogP contribution >= 0.6 is 23.2 Å². The van der Waals surface area contributed by atoms with E-state index in [1.165, 1.54) is 18.2 Å². The summed E-state index contributed by atoms with van der Waals surface area (Å²) >= 11 is 12.2. The molecule has 0 saturated heterocycles. The summed E-state index contributed by atoms with van der Waals surface area (Å²) in [5.41, 5.74) is 2.12. The molecule has 3 aromatic rings. The molecule has 0 radical (unpaired) electrons. The summed E-state index contributed by atoms with van der Waals surface area (Å²) in [4.78, 5) is 4.26. The number of nitrogens with zero attached hydrogens (tertiary/aromatic N) is 2. The predicted molar refractivity (Wildman–Crippen MR) is 78.9 cm³/mol. The van der Waals surface area contributed by atoms with E-state index in [-0.39, 0.29) is 5.82 Å². The SMILES string of the molecule is Fc1ccc(Cl)c(NCc2c(Cl)ccn3ccnc23)c1. The molecule has 0 aliphatic carbocycles. The predicted octanol–water partition coefficient (Wildman–Crippen LogP) is 4.39. The van der Waals surface area contributed by atoms with Crippen molar-refractivity contribution in [2.75, 3.05) is 5.32 Å². The van der Waals surface area contributed by atoms with Crippen LogP contribution in [0.15, 0.2) is 42.9 Å². The van der Waals surface area contributed by atoms with Crippen LogP contribution in [0.1, 0.15) is 5.56 Å². The van der Waals surface area contributed by atoms with Crippen LogP contribution in [0, 0.1) is 5.82 Å². The topological polar surface area (TPSA) is 29.3 Å². The fourth-order valence-electron chi connectivity index (χ4n) is 2.00. The Labute approximate surface area is 125 Å². The molecule has 102 valence electrons. The van der Waals surface area contributed by atoms with Crippen LogP contribution in [0.2, 0.25) is 10.0 Å². The van der Waals surface area contributed by atoms with Crippen LogP contribution < -0.4 is 5.32 Å². The van der Waals surface area contributed by atoms with Crippen molar-refractivity contribution < 1.29 is 4.39 Å². The number of fused-ring (bicyclic) bond motifs is 1. The fraction of sp³-hybridized carbons (Fsp3) is 0.0714. The van der Waals surface area contributed by atoms with E-state index in [1.807, 2.05) is 16.8 Å². The molecule has 0 unspecified atom stereocenters. The Balaban J connectivity index is 1.92. The van der Waals surface area contributed by atoms with E-state index in [0.717, 1.165) is 11.2 Å². The fourth-order valence-corrected chi connectivity index (χ4v) is 2.39. The molecule has 20 heavy (non-hydrogen) atoms. The summed E-state index contributed by atoms with van der Waals surface area (Å²) in [5.74, 6) is -0.345. The van der Waals surface area contributed by atoms with Crippen molar-refractivity contribution in [1.29, 1.82) is 0 Å². The van der Waals surface area contributed by atoms with E-state index < -0.39 is 0 Å². The summed E-state index contributed by atoms with van der Waals surface area (Å²) in [6.45, 7) is 0.406. The quantitative estimate of drug-likeness (QED) is 0.777. The molecule has 1 N–H and O–H groups in total. The molecular weight excluding hydrogens is 300 g/mol. The molecule has 0 spiro atoms. The van der Waals surface area contributed by atoms with Gasteiger partial charge in [-0.3, -0.25) is 0 Å². The zero-order valence-corrected chi connectivity index (χ0v) is 11.8. The maximum Gasteiger partial charge on any atom is 0.143 e. The van der Waals surface area contributed by atoms with Crippen LogP contribution in [0.3, 0.4) is 0 Å². The largest absolute Gasteiger partial charge is 0.379 e. The number of rotatable bonds is 3. The lowest BCUT2D eigenvalue weighted by molar-refractivity contribution is 0.628. The van der Waals surface area contributed by atoms with Gasteiger partial charge in [0.2, 0.25) is 0 Å². The summed E-state index contributed by atoms with van der Waals surface area (Å²) in [6.07, 6.45) is 5.37. The van der Waals surface area contributed by atoms with Crippen molar-refractivity contribution in [3.05, 3.63) is 64.3 Å². The lowest BCUT2D eigenvalue weighted by Crippen LogP contribution is -2.03. The minimum atomic E-state index is -0.345. The first-order valence-electron chi connectivity index (χ1n) is 5.94. The molecule has 0 amide bonds. The average Bonchev–Trinajstić information content (AvgIpc) is 2.90. The van der Waals surface area contributed by atoms with E-state index >= 15 is 0 Å². The highest BCUT2D eigenvalue weighted by atomic mass is 35.5. The van der Waals surface area contributed by atoms with Gasteiger partial charge < -0.3 is 9.72 Å². The zero-order chi connectivity index (χ0) is 14.1. The normalized spacial score (nSPS) is 10.9. The molecule has 1 aromatic carbocycles. The average molecular weight is 310 g/mol. The van der Waals surface area contributed by atoms with Crippen LogP contribution in [-0.4, -0.2) is 9.38 Å². The minimum absolute atomic E-state index is 0.345. The van der Waals surface area contributed by atoms with E-state index in [0.29, 0.717) is 22.3 Å². The molecule has 0 atom stereocenters. The van der Waals surface area contributed by atoms with Gasteiger partial charge in [0, 0.05) is 30.7 Å². The molecule has 2 aromatic heterocycles. The van der Waals surface area contributed by atoms with Crippen LogP contribution in [0.5, 0.6) is 0 Å². The molecule has 3 rings (SSSR count). The maximum atomic E-state index is 13.2. The number of aromatic nitrogens is 2. The summed E-state index contributed by atoms with van der Waals surface area (Å²) < 4.78 is 15.1. The molecule has 0 saturated carbocycles. The molecule has 0 fully saturated rings. The second-order valence-corrected chi connectivity index (χ2v) is 5.09. The van der Waals surface area contributed by atoms with E-state index in [1.54, 1.807) is 12.3 Å². The lowest BCUT2D eigenvalue weighted by atomic mass is 10.2. The van der Waals surface area contributed by atoms with Gasteiger partial charge in [0.1, 0.15) is 11.5 Å². The van der Waals surface area contributed by atoms with Gasteiger partial charge in [-0.05, 0) is 24.3 Å². The van der Waals surface area contributed by atoms with Gasteiger partial charge in [0.25, 0.3) is 0 Å². The molecule has 6 heteroatoms. The van der Waals surface area contributed by atoms with Gasteiger partial charge >= 0.3 is 0 Å². The van der Waals surface area contributed by atoms with Gasteiger partial charge in [0.05, 0.1) is 15.7 Å². The highest BCUT2D eigenvalue weighted by Gasteiger charge is 2.09. The van der Waals surface area contributed by atoms with Crippen molar-refractivity contribution in [3.63, 3.8) is 0 Å². The van der Waals surface area contributed by atoms with E-state index in [9.17, 15) is 4.39 Å². The number of pyridine rings is 1. The molecular formula is C14H10Cl2FN3. The number of hydrogen-bond donors (Lipinski definition) is 1. The standard InChI is InChI=1S/C14H10Cl2FN3/c15-11-3-5-20-6-4-18-14(20)10(11)8-19-13-7-9(17)1-2-12(13)16/h1-7,19H,8H2. The highest BCUT2D eigenvalue weighted by Crippen LogP contribution is 2.25. The van der Waals surface area contributed by atoms with Gasteiger partial charge in [-0.15, -0.1) is 0 Å². The maximum absolute atomic E-state index is 13.2. The Bertz CT molecular complexity index is 770. The second-order valence-electron chi connectivity index (χ2n) is 4.28. The minimum Gasteiger partial charge on any atom is -0.379 e. The molecule has 3 nitrogen and oxygen atoms in total. The summed E-state index contributed by atoms with van der Waals surface area (Å²) in [6, 6.07) is 5.97. The van der Waals surface area contributed by atoms with Crippen molar-refractivity contribution in [2.24, 2.45) is 0 Å². The van der Waals surface area contributed by atoms with E-state index in [4.69, 9.17) is 23.2 Å². The molecule has 0 aliphatic rings. The van der Waals surface area contributed by atoms with Crippen molar-refractivity contribution in [2.45, 2.75) is 6.54 Å². The monoisotopic (exact) mass is 309 g/mol. The number of halogens is 3. The third-order valence-corrected chi connectivity index (χ3v) is 3.68. The zero-order valence-electron chi connectivity index (χ0n) is 10.3. The Morgan fingerprint density at radius 3 is 2.85 bits per heavy atom. The highest BCUT2D eigenvalue weighted by molar-refractivity contribution is 6.33. The summed E-state index contributed by atoms with van der Waals surface area (Å²) in [5, 5.41) is 4.14. The van der Waals surface area contributed by atoms with Crippen LogP contribution in [0.25, 0.3) is 5.65 Å². The number of anilines is 1. The first-order chi connectivity index (χ1) is 9.65. The first kappa shape index (κ1) is 13.2. The Hall–Kier alpha value is -1.78. The number of benzene rings is 1. The Morgan fingerprint density at radius 2 is 2.00 bits per heavy atom. The van der Waals surface area contributed by atoms with Crippen LogP contribution in [0.4, 0.5) is 10.1 Å². The van der Waals surface area contributed by atoms with Crippen molar-refractivity contribution in [3.8, 4) is 0 Å². The van der Waals surface area contributed by atoms with Crippen molar-refractivity contribution >= 4 is 34.5 Å². The number of imidazole rings is 1. The lowest BCUT2D eigenvalue weighted by Gasteiger charge is -2.11. The number of hydrogen-bond acceptors (Lipinski definition) is 2. The Morgan fingerprint density at radius 1 is 1.15 bits per heavy atom. The van der Waals surface area contributed by atoms with Gasteiger partial charge in [0.15, 0.2) is 0 Å². The van der Waals surface area contributed by atoms with Gasteiger partial charge in [-0.1, -0.05) is 23.2 Å². The first-order valence-corrected chi connectivity index (χ1v) is 6.70. The molecule has 0 aliphatic heterocycles. The number of nitrogens with one attached hydrogen (secondary N) is 1. The van der Waals surface area contributed by atoms with Gasteiger partial charge in [-0.2, -0.15) is 0 Å².